The third kappa shape index (κ3) is 6.18. The van der Waals surface area contributed by atoms with Crippen molar-refractivity contribution in [2.24, 2.45) is 10.8 Å². The van der Waals surface area contributed by atoms with Crippen molar-refractivity contribution in [2.45, 2.75) is 0 Å². The lowest BCUT2D eigenvalue weighted by molar-refractivity contribution is -0.384. The molecule has 0 bridgehead atoms. The Morgan fingerprint density at radius 2 is 1.60 bits per heavy atom. The first-order valence-corrected chi connectivity index (χ1v) is 7.23. The van der Waals surface area contributed by atoms with E-state index in [9.17, 15) is 14.9 Å². The van der Waals surface area contributed by atoms with Gasteiger partial charge in [0.25, 0.3) is 5.69 Å². The standard InChI is InChI=1S/C16H16N4O5/c17-16(21)19-18-11-12-1-5-14(6-2-12)24-9-10-25-15-7-3-13(4-8-15)20(22)23/h1-8,11H,9-10H2,(H3,17,19,21)/b18-11+. The molecule has 2 aromatic carbocycles. The molecule has 25 heavy (non-hydrogen) atoms. The number of nitrogens with two attached hydrogens (primary N) is 1. The number of nitro benzene ring substituents is 1. The highest BCUT2D eigenvalue weighted by Crippen LogP contribution is 2.17. The third-order valence-electron chi connectivity index (χ3n) is 2.94. The molecule has 0 aromatic heterocycles. The first kappa shape index (κ1) is 17.7. The normalized spacial score (nSPS) is 10.4. The smallest absolute Gasteiger partial charge is 0.332 e. The fraction of sp³-hybridized carbons (Fsp3) is 0.125. The van der Waals surface area contributed by atoms with E-state index in [4.69, 9.17) is 15.2 Å². The van der Waals surface area contributed by atoms with Crippen molar-refractivity contribution in [1.29, 1.82) is 0 Å². The van der Waals surface area contributed by atoms with E-state index in [1.54, 1.807) is 24.3 Å². The summed E-state index contributed by atoms with van der Waals surface area (Å²) < 4.78 is 11.0. The van der Waals surface area contributed by atoms with E-state index in [0.717, 1.165) is 5.56 Å². The largest absolute Gasteiger partial charge is 0.490 e. The zero-order valence-electron chi connectivity index (χ0n) is 13.1. The summed E-state index contributed by atoms with van der Waals surface area (Å²) in [5.74, 6) is 1.18. The molecule has 0 fully saturated rings. The zero-order chi connectivity index (χ0) is 18.1. The van der Waals surface area contributed by atoms with E-state index in [0.29, 0.717) is 24.7 Å². The molecule has 0 heterocycles. The number of rotatable bonds is 8. The molecule has 3 N–H and O–H groups in total. The van der Waals surface area contributed by atoms with Crippen molar-refractivity contribution < 1.29 is 19.2 Å². The van der Waals surface area contributed by atoms with E-state index in [1.165, 1.54) is 30.5 Å². The summed E-state index contributed by atoms with van der Waals surface area (Å²) in [4.78, 5) is 20.6. The van der Waals surface area contributed by atoms with Gasteiger partial charge in [0.05, 0.1) is 11.1 Å². The van der Waals surface area contributed by atoms with Crippen LogP contribution in [0.5, 0.6) is 11.5 Å². The van der Waals surface area contributed by atoms with Crippen molar-refractivity contribution in [3.63, 3.8) is 0 Å². The molecule has 2 amide bonds. The monoisotopic (exact) mass is 344 g/mol. The average molecular weight is 344 g/mol. The Labute approximate surface area is 143 Å². The van der Waals surface area contributed by atoms with Gasteiger partial charge in [-0.1, -0.05) is 0 Å². The van der Waals surface area contributed by atoms with E-state index in [-0.39, 0.29) is 5.69 Å². The maximum Gasteiger partial charge on any atom is 0.332 e. The maximum absolute atomic E-state index is 10.6. The molecule has 0 saturated carbocycles. The maximum atomic E-state index is 10.6. The Hall–Kier alpha value is -3.62. The molecule has 0 saturated heterocycles. The van der Waals surface area contributed by atoms with Gasteiger partial charge in [-0.3, -0.25) is 10.1 Å². The van der Waals surface area contributed by atoms with Gasteiger partial charge in [0, 0.05) is 12.1 Å². The van der Waals surface area contributed by atoms with Gasteiger partial charge in [-0.15, -0.1) is 0 Å². The van der Waals surface area contributed by atoms with Crippen LogP contribution in [0, 0.1) is 10.1 Å². The number of primary amides is 1. The molecule has 0 unspecified atom stereocenters. The molecular formula is C16H16N4O5. The quantitative estimate of drug-likeness (QED) is 0.328. The summed E-state index contributed by atoms with van der Waals surface area (Å²) in [5.41, 5.74) is 7.76. The minimum Gasteiger partial charge on any atom is -0.490 e. The molecule has 2 rings (SSSR count). The number of hydrogen-bond acceptors (Lipinski definition) is 6. The molecular weight excluding hydrogens is 328 g/mol. The van der Waals surface area contributed by atoms with Crippen molar-refractivity contribution >= 4 is 17.9 Å². The molecule has 9 nitrogen and oxygen atoms in total. The summed E-state index contributed by atoms with van der Waals surface area (Å²) in [6, 6.07) is 12.1. The molecule has 130 valence electrons. The third-order valence-corrected chi connectivity index (χ3v) is 2.94. The van der Waals surface area contributed by atoms with Gasteiger partial charge in [-0.25, -0.2) is 10.2 Å². The number of amides is 2. The number of urea groups is 1. The van der Waals surface area contributed by atoms with Gasteiger partial charge < -0.3 is 15.2 Å². The van der Waals surface area contributed by atoms with E-state index in [2.05, 4.69) is 10.5 Å². The SMILES string of the molecule is NC(=O)N/N=C/c1ccc(OCCOc2ccc([N+](=O)[O-])cc2)cc1. The van der Waals surface area contributed by atoms with Crippen LogP contribution in [0.25, 0.3) is 0 Å². The van der Waals surface area contributed by atoms with Gasteiger partial charge in [0.2, 0.25) is 0 Å². The average Bonchev–Trinajstić information content (AvgIpc) is 2.60. The Balaban J connectivity index is 1.73. The van der Waals surface area contributed by atoms with Crippen LogP contribution in [0.3, 0.4) is 0 Å². The highest BCUT2D eigenvalue weighted by atomic mass is 16.6. The number of non-ortho nitro benzene ring substituents is 1. The van der Waals surface area contributed by atoms with Crippen LogP contribution in [0.1, 0.15) is 5.56 Å². The molecule has 0 atom stereocenters. The number of carbonyl (C=O) groups excluding carboxylic acids is 1. The van der Waals surface area contributed by atoms with Crippen molar-refractivity contribution in [3.8, 4) is 11.5 Å². The minimum atomic E-state index is -0.732. The summed E-state index contributed by atoms with van der Waals surface area (Å²) in [5, 5.41) is 14.2. The zero-order valence-corrected chi connectivity index (χ0v) is 13.1. The molecule has 0 spiro atoms. The highest BCUT2D eigenvalue weighted by molar-refractivity contribution is 5.81. The molecule has 2 aromatic rings. The minimum absolute atomic E-state index is 0.0123. The molecule has 0 aliphatic heterocycles. The van der Waals surface area contributed by atoms with E-state index < -0.39 is 11.0 Å². The first-order valence-electron chi connectivity index (χ1n) is 7.23. The predicted molar refractivity (Wildman–Crippen MR) is 90.8 cm³/mol. The summed E-state index contributed by atoms with van der Waals surface area (Å²) in [7, 11) is 0. The number of nitrogens with one attached hydrogen (secondary N) is 1. The Bertz CT molecular complexity index is 744. The van der Waals surface area contributed by atoms with Crippen LogP contribution in [0.2, 0.25) is 0 Å². The van der Waals surface area contributed by atoms with Crippen molar-refractivity contribution in [2.75, 3.05) is 13.2 Å². The van der Waals surface area contributed by atoms with Gasteiger partial charge in [-0.05, 0) is 42.0 Å². The number of hydrogen-bond donors (Lipinski definition) is 2. The van der Waals surface area contributed by atoms with Gasteiger partial charge in [-0.2, -0.15) is 5.10 Å². The highest BCUT2D eigenvalue weighted by Gasteiger charge is 2.04. The van der Waals surface area contributed by atoms with Crippen LogP contribution >= 0.6 is 0 Å². The van der Waals surface area contributed by atoms with Crippen LogP contribution < -0.4 is 20.6 Å². The summed E-state index contributed by atoms with van der Waals surface area (Å²) >= 11 is 0. The molecule has 9 heteroatoms. The number of ether oxygens (including phenoxy) is 2. The Morgan fingerprint density at radius 1 is 1.08 bits per heavy atom. The lowest BCUT2D eigenvalue weighted by Crippen LogP contribution is -2.24. The second-order valence-corrected chi connectivity index (χ2v) is 4.75. The number of nitrogens with zero attached hydrogens (tertiary/aromatic N) is 2. The first-order chi connectivity index (χ1) is 12.0. The number of hydrazone groups is 1. The van der Waals surface area contributed by atoms with Crippen LogP contribution in [0.15, 0.2) is 53.6 Å². The fourth-order valence-corrected chi connectivity index (χ4v) is 1.80. The van der Waals surface area contributed by atoms with Crippen LogP contribution in [-0.4, -0.2) is 30.4 Å². The van der Waals surface area contributed by atoms with Crippen LogP contribution in [0.4, 0.5) is 10.5 Å². The lowest BCUT2D eigenvalue weighted by Gasteiger charge is -2.08. The topological polar surface area (TPSA) is 129 Å². The van der Waals surface area contributed by atoms with E-state index in [1.807, 2.05) is 0 Å². The molecule has 0 aliphatic rings. The summed E-state index contributed by atoms with van der Waals surface area (Å²) in [6.45, 7) is 0.608. The lowest BCUT2D eigenvalue weighted by atomic mass is 10.2. The second-order valence-electron chi connectivity index (χ2n) is 4.75. The Morgan fingerprint density at radius 3 is 2.08 bits per heavy atom. The number of carbonyl (C=O) groups is 1. The Kier molecular flexibility index (Phi) is 6.29. The van der Waals surface area contributed by atoms with E-state index >= 15 is 0 Å². The number of benzene rings is 2. The van der Waals surface area contributed by atoms with Gasteiger partial charge in [0.15, 0.2) is 0 Å². The summed E-state index contributed by atoms with van der Waals surface area (Å²) in [6.07, 6.45) is 1.45. The molecule has 0 aliphatic carbocycles. The van der Waals surface area contributed by atoms with Crippen molar-refractivity contribution in [3.05, 3.63) is 64.2 Å². The van der Waals surface area contributed by atoms with Crippen LogP contribution in [-0.2, 0) is 0 Å². The van der Waals surface area contributed by atoms with Gasteiger partial charge >= 0.3 is 6.03 Å². The second kappa shape index (κ2) is 8.87. The van der Waals surface area contributed by atoms with Gasteiger partial charge in [0.1, 0.15) is 24.7 Å². The predicted octanol–water partition coefficient (Wildman–Crippen LogP) is 2.05. The number of nitro groups is 1. The molecule has 0 radical (unpaired) electrons. The van der Waals surface area contributed by atoms with Crippen molar-refractivity contribution in [1.82, 2.24) is 5.43 Å². The fourth-order valence-electron chi connectivity index (χ4n) is 1.80.